The Morgan fingerprint density at radius 2 is 2.07 bits per heavy atom. The van der Waals surface area contributed by atoms with Gasteiger partial charge in [0.05, 0.1) is 10.6 Å². The Morgan fingerprint density at radius 3 is 2.81 bits per heavy atom. The number of carbonyl (C=O) groups is 1. The van der Waals surface area contributed by atoms with Gasteiger partial charge in [-0.15, -0.1) is 0 Å². The average Bonchev–Trinajstić information content (AvgIpc) is 3.30. The predicted octanol–water partition coefficient (Wildman–Crippen LogP) is 2.86. The number of aryl methyl sites for hydroxylation is 1. The van der Waals surface area contributed by atoms with Crippen LogP contribution in [0.3, 0.4) is 0 Å². The summed E-state index contributed by atoms with van der Waals surface area (Å²) in [7, 11) is -3.68. The SMILES string of the molecule is Cc1cccc(S(=O)(=O)Nc2ccc3c(c2)N(C(=O)C2CCCO2)CC3)c1. The summed E-state index contributed by atoms with van der Waals surface area (Å²) < 4.78 is 33.5. The summed E-state index contributed by atoms with van der Waals surface area (Å²) in [6.07, 6.45) is 2.01. The highest BCUT2D eigenvalue weighted by Gasteiger charge is 2.33. The molecule has 2 aromatic rings. The number of hydrogen-bond donors (Lipinski definition) is 1. The fourth-order valence-electron chi connectivity index (χ4n) is 3.61. The molecule has 0 spiro atoms. The summed E-state index contributed by atoms with van der Waals surface area (Å²) >= 11 is 0. The molecule has 0 aromatic heterocycles. The minimum atomic E-state index is -3.68. The first-order valence-corrected chi connectivity index (χ1v) is 10.6. The van der Waals surface area contributed by atoms with Gasteiger partial charge in [-0.3, -0.25) is 9.52 Å². The molecule has 1 atom stereocenters. The summed E-state index contributed by atoms with van der Waals surface area (Å²) in [5, 5.41) is 0. The molecule has 142 valence electrons. The van der Waals surface area contributed by atoms with Crippen LogP contribution in [0.2, 0.25) is 0 Å². The molecular weight excluding hydrogens is 364 g/mol. The van der Waals surface area contributed by atoms with Crippen molar-refractivity contribution in [2.75, 3.05) is 22.8 Å². The van der Waals surface area contributed by atoms with Crippen LogP contribution in [0.15, 0.2) is 47.4 Å². The van der Waals surface area contributed by atoms with Gasteiger partial charge >= 0.3 is 0 Å². The van der Waals surface area contributed by atoms with Gasteiger partial charge in [-0.25, -0.2) is 8.42 Å². The molecule has 2 heterocycles. The van der Waals surface area contributed by atoms with Gasteiger partial charge in [0, 0.05) is 18.8 Å². The predicted molar refractivity (Wildman–Crippen MR) is 103 cm³/mol. The molecule has 6 nitrogen and oxygen atoms in total. The first kappa shape index (κ1) is 18.0. The molecule has 27 heavy (non-hydrogen) atoms. The Labute approximate surface area is 159 Å². The van der Waals surface area contributed by atoms with E-state index in [1.54, 1.807) is 35.2 Å². The molecule has 2 aliphatic heterocycles. The molecule has 0 radical (unpaired) electrons. The molecule has 1 amide bonds. The van der Waals surface area contributed by atoms with Crippen LogP contribution in [0, 0.1) is 6.92 Å². The lowest BCUT2D eigenvalue weighted by atomic mass is 10.1. The Balaban J connectivity index is 1.59. The van der Waals surface area contributed by atoms with Crippen molar-refractivity contribution >= 4 is 27.3 Å². The summed E-state index contributed by atoms with van der Waals surface area (Å²) in [5.41, 5.74) is 3.13. The van der Waals surface area contributed by atoms with Gasteiger partial charge < -0.3 is 9.64 Å². The van der Waals surface area contributed by atoms with Gasteiger partial charge in [-0.1, -0.05) is 18.2 Å². The molecule has 1 unspecified atom stereocenters. The zero-order chi connectivity index (χ0) is 19.0. The molecule has 0 saturated carbocycles. The summed E-state index contributed by atoms with van der Waals surface area (Å²) in [5.74, 6) is -0.0371. The van der Waals surface area contributed by atoms with Crippen LogP contribution in [0.4, 0.5) is 11.4 Å². The van der Waals surface area contributed by atoms with Gasteiger partial charge in [0.1, 0.15) is 6.10 Å². The number of nitrogens with zero attached hydrogens (tertiary/aromatic N) is 1. The molecule has 1 saturated heterocycles. The van der Waals surface area contributed by atoms with E-state index in [1.807, 2.05) is 19.1 Å². The number of hydrogen-bond acceptors (Lipinski definition) is 4. The number of amides is 1. The van der Waals surface area contributed by atoms with Crippen LogP contribution in [-0.2, 0) is 26.0 Å². The number of sulfonamides is 1. The van der Waals surface area contributed by atoms with E-state index in [4.69, 9.17) is 4.74 Å². The summed E-state index contributed by atoms with van der Waals surface area (Å²) in [6.45, 7) is 3.07. The van der Waals surface area contributed by atoms with Crippen molar-refractivity contribution in [3.63, 3.8) is 0 Å². The Kier molecular flexibility index (Phi) is 4.65. The van der Waals surface area contributed by atoms with Crippen LogP contribution >= 0.6 is 0 Å². The van der Waals surface area contributed by atoms with E-state index in [9.17, 15) is 13.2 Å². The van der Waals surface area contributed by atoms with Crippen molar-refractivity contribution in [2.24, 2.45) is 0 Å². The third-order valence-electron chi connectivity index (χ3n) is 5.00. The molecule has 1 N–H and O–H groups in total. The zero-order valence-electron chi connectivity index (χ0n) is 15.1. The number of carbonyl (C=O) groups excluding carboxylic acids is 1. The van der Waals surface area contributed by atoms with Crippen LogP contribution in [0.25, 0.3) is 0 Å². The lowest BCUT2D eigenvalue weighted by Crippen LogP contribution is -2.37. The second-order valence-electron chi connectivity index (χ2n) is 7.01. The second-order valence-corrected chi connectivity index (χ2v) is 8.69. The number of ether oxygens (including phenoxy) is 1. The van der Waals surface area contributed by atoms with Crippen LogP contribution in [-0.4, -0.2) is 33.6 Å². The van der Waals surface area contributed by atoms with Crippen molar-refractivity contribution in [3.05, 3.63) is 53.6 Å². The van der Waals surface area contributed by atoms with E-state index in [0.29, 0.717) is 18.8 Å². The van der Waals surface area contributed by atoms with Crippen molar-refractivity contribution < 1.29 is 17.9 Å². The first-order chi connectivity index (χ1) is 12.9. The maximum absolute atomic E-state index is 12.7. The number of benzene rings is 2. The van der Waals surface area contributed by atoms with Crippen molar-refractivity contribution in [1.82, 2.24) is 0 Å². The maximum Gasteiger partial charge on any atom is 0.261 e. The van der Waals surface area contributed by atoms with E-state index >= 15 is 0 Å². The molecule has 0 bridgehead atoms. The van der Waals surface area contributed by atoms with E-state index in [1.165, 1.54) is 0 Å². The number of fused-ring (bicyclic) bond motifs is 1. The molecule has 1 fully saturated rings. The van der Waals surface area contributed by atoms with E-state index in [0.717, 1.165) is 36.1 Å². The molecule has 2 aromatic carbocycles. The summed E-state index contributed by atoms with van der Waals surface area (Å²) in [6, 6.07) is 12.1. The highest BCUT2D eigenvalue weighted by Crippen LogP contribution is 2.33. The second kappa shape index (κ2) is 6.98. The van der Waals surface area contributed by atoms with E-state index in [-0.39, 0.29) is 16.9 Å². The highest BCUT2D eigenvalue weighted by atomic mass is 32.2. The van der Waals surface area contributed by atoms with Gasteiger partial charge in [0.2, 0.25) is 0 Å². The lowest BCUT2D eigenvalue weighted by Gasteiger charge is -2.21. The number of nitrogens with one attached hydrogen (secondary N) is 1. The third kappa shape index (κ3) is 3.57. The monoisotopic (exact) mass is 386 g/mol. The Bertz CT molecular complexity index is 981. The molecule has 4 rings (SSSR count). The fourth-order valence-corrected chi connectivity index (χ4v) is 4.77. The molecular formula is C20H22N2O4S. The van der Waals surface area contributed by atoms with Crippen LogP contribution in [0.5, 0.6) is 0 Å². The molecule has 2 aliphatic rings. The van der Waals surface area contributed by atoms with Gasteiger partial charge in [0.25, 0.3) is 15.9 Å². The Morgan fingerprint density at radius 1 is 1.22 bits per heavy atom. The number of anilines is 2. The quantitative estimate of drug-likeness (QED) is 0.877. The van der Waals surface area contributed by atoms with E-state index < -0.39 is 10.0 Å². The fraction of sp³-hybridized carbons (Fsp3) is 0.350. The van der Waals surface area contributed by atoms with Gasteiger partial charge in [0.15, 0.2) is 0 Å². The Hall–Kier alpha value is -2.38. The largest absolute Gasteiger partial charge is 0.368 e. The van der Waals surface area contributed by atoms with Crippen molar-refractivity contribution in [2.45, 2.75) is 37.2 Å². The van der Waals surface area contributed by atoms with Gasteiger partial charge in [-0.05, 0) is 61.6 Å². The average molecular weight is 386 g/mol. The maximum atomic E-state index is 12.7. The topological polar surface area (TPSA) is 75.7 Å². The summed E-state index contributed by atoms with van der Waals surface area (Å²) in [4.78, 5) is 14.7. The van der Waals surface area contributed by atoms with E-state index in [2.05, 4.69) is 4.72 Å². The molecule has 7 heteroatoms. The lowest BCUT2D eigenvalue weighted by molar-refractivity contribution is -0.127. The van der Waals surface area contributed by atoms with Crippen molar-refractivity contribution in [3.8, 4) is 0 Å². The van der Waals surface area contributed by atoms with Crippen molar-refractivity contribution in [1.29, 1.82) is 0 Å². The zero-order valence-corrected chi connectivity index (χ0v) is 16.0. The van der Waals surface area contributed by atoms with Crippen LogP contribution in [0.1, 0.15) is 24.0 Å². The molecule has 0 aliphatic carbocycles. The minimum Gasteiger partial charge on any atom is -0.368 e. The smallest absolute Gasteiger partial charge is 0.261 e. The third-order valence-corrected chi connectivity index (χ3v) is 6.38. The van der Waals surface area contributed by atoms with Crippen LogP contribution < -0.4 is 9.62 Å². The number of rotatable bonds is 4. The highest BCUT2D eigenvalue weighted by molar-refractivity contribution is 7.92. The standard InChI is InChI=1S/C20H22N2O4S/c1-14-4-2-5-17(12-14)27(24,25)21-16-8-7-15-9-10-22(18(15)13-16)20(23)19-6-3-11-26-19/h2,4-5,7-8,12-13,19,21H,3,6,9-11H2,1H3. The van der Waals surface area contributed by atoms with Gasteiger partial charge in [-0.2, -0.15) is 0 Å². The normalized spacial score (nSPS) is 19.1. The minimum absolute atomic E-state index is 0.0371. The first-order valence-electron chi connectivity index (χ1n) is 9.09.